The number of rotatable bonds is 1. The number of amides is 1. The van der Waals surface area contributed by atoms with Crippen molar-refractivity contribution in [1.82, 2.24) is 6.15 Å². The number of hydrogen-bond donors (Lipinski definition) is 1. The third kappa shape index (κ3) is 2.25. The summed E-state index contributed by atoms with van der Waals surface area (Å²) in [4.78, 5) is 13.6. The lowest BCUT2D eigenvalue weighted by Crippen LogP contribution is -2.27. The quantitative estimate of drug-likeness (QED) is 0.848. The van der Waals surface area contributed by atoms with Crippen LogP contribution >= 0.6 is 0 Å². The van der Waals surface area contributed by atoms with E-state index in [1.54, 1.807) is 6.92 Å². The second kappa shape index (κ2) is 5.24. The zero-order valence-electron chi connectivity index (χ0n) is 11.0. The Balaban J connectivity index is 0.00000133. The van der Waals surface area contributed by atoms with Gasteiger partial charge in [-0.2, -0.15) is 0 Å². The van der Waals surface area contributed by atoms with E-state index in [9.17, 15) is 4.79 Å². The molecule has 1 unspecified atom stereocenters. The van der Waals surface area contributed by atoms with Gasteiger partial charge in [-0.05, 0) is 17.2 Å². The van der Waals surface area contributed by atoms with Crippen LogP contribution in [0.2, 0.25) is 0 Å². The summed E-state index contributed by atoms with van der Waals surface area (Å²) >= 11 is 0. The van der Waals surface area contributed by atoms with Crippen molar-refractivity contribution >= 4 is 11.6 Å². The van der Waals surface area contributed by atoms with Gasteiger partial charge in [-0.25, -0.2) is 0 Å². The first-order valence-electron chi connectivity index (χ1n) is 6.19. The maximum Gasteiger partial charge on any atom is 0.223 e. The topological polar surface area (TPSA) is 55.3 Å². The van der Waals surface area contributed by atoms with Gasteiger partial charge in [0.25, 0.3) is 0 Å². The number of anilines is 1. The molecule has 0 aromatic heterocycles. The summed E-state index contributed by atoms with van der Waals surface area (Å²) < 4.78 is 0. The van der Waals surface area contributed by atoms with Gasteiger partial charge in [0.2, 0.25) is 5.91 Å². The van der Waals surface area contributed by atoms with Crippen LogP contribution in [-0.2, 0) is 4.79 Å². The van der Waals surface area contributed by atoms with Crippen LogP contribution in [0.5, 0.6) is 0 Å². The van der Waals surface area contributed by atoms with Crippen LogP contribution in [0, 0.1) is 0 Å². The van der Waals surface area contributed by atoms with Gasteiger partial charge in [-0.1, -0.05) is 48.5 Å². The second-order valence-corrected chi connectivity index (χ2v) is 4.65. The van der Waals surface area contributed by atoms with Gasteiger partial charge in [0.05, 0.1) is 0 Å². The third-order valence-electron chi connectivity index (χ3n) is 3.55. The van der Waals surface area contributed by atoms with Crippen molar-refractivity contribution < 1.29 is 4.79 Å². The smallest absolute Gasteiger partial charge is 0.223 e. The molecule has 3 heteroatoms. The predicted molar refractivity (Wildman–Crippen MR) is 77.8 cm³/mol. The zero-order chi connectivity index (χ0) is 12.5. The Hall–Kier alpha value is -2.13. The average Bonchev–Trinajstić information content (AvgIpc) is 2.79. The van der Waals surface area contributed by atoms with E-state index in [1.807, 2.05) is 41.3 Å². The number of carbonyl (C=O) groups excluding carboxylic acids is 1. The maximum absolute atomic E-state index is 11.7. The summed E-state index contributed by atoms with van der Waals surface area (Å²) in [5.74, 6) is 0.409. The van der Waals surface area contributed by atoms with Crippen LogP contribution in [0.1, 0.15) is 24.0 Å². The van der Waals surface area contributed by atoms with E-state index < -0.39 is 0 Å². The van der Waals surface area contributed by atoms with Crippen molar-refractivity contribution in [2.24, 2.45) is 0 Å². The lowest BCUT2D eigenvalue weighted by molar-refractivity contribution is -0.116. The van der Waals surface area contributed by atoms with Crippen LogP contribution in [0.4, 0.5) is 5.69 Å². The molecule has 19 heavy (non-hydrogen) atoms. The molecular weight excluding hydrogens is 236 g/mol. The molecule has 0 aliphatic carbocycles. The minimum atomic E-state index is 0. The number of fused-ring (bicyclic) bond motifs is 1. The molecule has 98 valence electrons. The van der Waals surface area contributed by atoms with Crippen molar-refractivity contribution in [1.29, 1.82) is 0 Å². The average molecular weight is 254 g/mol. The van der Waals surface area contributed by atoms with Crippen molar-refractivity contribution in [2.45, 2.75) is 12.8 Å². The minimum Gasteiger partial charge on any atom is -0.344 e. The molecule has 0 spiro atoms. The Morgan fingerprint density at radius 2 is 1.68 bits per heavy atom. The van der Waals surface area contributed by atoms with Gasteiger partial charge in [0.1, 0.15) is 0 Å². The van der Waals surface area contributed by atoms with Crippen LogP contribution in [0.25, 0.3) is 0 Å². The van der Waals surface area contributed by atoms with Gasteiger partial charge in [0.15, 0.2) is 0 Å². The Morgan fingerprint density at radius 3 is 2.37 bits per heavy atom. The van der Waals surface area contributed by atoms with Crippen molar-refractivity contribution in [2.75, 3.05) is 11.4 Å². The highest BCUT2D eigenvalue weighted by molar-refractivity contribution is 5.94. The third-order valence-corrected chi connectivity index (χ3v) is 3.55. The lowest BCUT2D eigenvalue weighted by Gasteiger charge is -2.15. The predicted octanol–water partition coefficient (Wildman–Crippen LogP) is 3.35. The molecular formula is C16H18N2O. The largest absolute Gasteiger partial charge is 0.344 e. The second-order valence-electron chi connectivity index (χ2n) is 4.65. The summed E-state index contributed by atoms with van der Waals surface area (Å²) in [5, 5.41) is 0. The van der Waals surface area contributed by atoms with Gasteiger partial charge >= 0.3 is 0 Å². The number of para-hydroxylation sites is 1. The Kier molecular flexibility index (Phi) is 3.67. The summed E-state index contributed by atoms with van der Waals surface area (Å²) in [6, 6.07) is 18.6. The van der Waals surface area contributed by atoms with E-state index in [0.717, 1.165) is 12.2 Å². The first-order valence-corrected chi connectivity index (χ1v) is 6.19. The molecule has 1 aliphatic heterocycles. The summed E-state index contributed by atoms with van der Waals surface area (Å²) in [7, 11) is 0. The van der Waals surface area contributed by atoms with Crippen molar-refractivity contribution in [3.8, 4) is 0 Å². The highest BCUT2D eigenvalue weighted by Gasteiger charge is 2.31. The van der Waals surface area contributed by atoms with E-state index in [4.69, 9.17) is 0 Å². The zero-order valence-corrected chi connectivity index (χ0v) is 11.0. The Morgan fingerprint density at radius 1 is 1.05 bits per heavy atom. The molecule has 0 radical (unpaired) electrons. The normalized spacial score (nSPS) is 16.7. The summed E-state index contributed by atoms with van der Waals surface area (Å²) in [5.41, 5.74) is 3.58. The fourth-order valence-electron chi connectivity index (χ4n) is 2.68. The van der Waals surface area contributed by atoms with Crippen LogP contribution in [0.15, 0.2) is 54.6 Å². The molecule has 2 aromatic carbocycles. The molecule has 0 saturated heterocycles. The van der Waals surface area contributed by atoms with Crippen LogP contribution in [0.3, 0.4) is 0 Å². The molecule has 3 N–H and O–H groups in total. The van der Waals surface area contributed by atoms with E-state index in [0.29, 0.717) is 5.92 Å². The van der Waals surface area contributed by atoms with Gasteiger partial charge < -0.3 is 11.1 Å². The van der Waals surface area contributed by atoms with E-state index in [1.165, 1.54) is 11.1 Å². The van der Waals surface area contributed by atoms with E-state index in [2.05, 4.69) is 18.2 Å². The monoisotopic (exact) mass is 254 g/mol. The Bertz CT molecular complexity index is 580. The Labute approximate surface area is 113 Å². The highest BCUT2D eigenvalue weighted by Crippen LogP contribution is 2.39. The minimum absolute atomic E-state index is 0. The molecule has 1 atom stereocenters. The molecule has 0 fully saturated rings. The first-order chi connectivity index (χ1) is 8.77. The van der Waals surface area contributed by atoms with Crippen LogP contribution < -0.4 is 11.1 Å². The van der Waals surface area contributed by atoms with Crippen molar-refractivity contribution in [3.63, 3.8) is 0 Å². The number of carbonyl (C=O) groups is 1. The molecule has 0 bridgehead atoms. The maximum atomic E-state index is 11.7. The lowest BCUT2D eigenvalue weighted by atomic mass is 9.93. The molecule has 1 heterocycles. The molecule has 3 rings (SSSR count). The number of benzene rings is 2. The van der Waals surface area contributed by atoms with Gasteiger partial charge in [-0.15, -0.1) is 0 Å². The molecule has 3 nitrogen and oxygen atoms in total. The van der Waals surface area contributed by atoms with Gasteiger partial charge in [-0.3, -0.25) is 4.79 Å². The van der Waals surface area contributed by atoms with E-state index in [-0.39, 0.29) is 12.1 Å². The number of nitrogens with zero attached hydrogens (tertiary/aromatic N) is 1. The number of hydrogen-bond acceptors (Lipinski definition) is 2. The van der Waals surface area contributed by atoms with Gasteiger partial charge in [0, 0.05) is 25.1 Å². The fourth-order valence-corrected chi connectivity index (χ4v) is 2.68. The molecule has 1 aliphatic rings. The SMILES string of the molecule is CC(=O)N1CC(c2ccccc2)c2ccccc21.N. The summed E-state index contributed by atoms with van der Waals surface area (Å²) in [6.45, 7) is 2.38. The fraction of sp³-hybridized carbons (Fsp3) is 0.188. The molecule has 0 saturated carbocycles. The highest BCUT2D eigenvalue weighted by atomic mass is 16.2. The van der Waals surface area contributed by atoms with Crippen molar-refractivity contribution in [3.05, 3.63) is 65.7 Å². The first kappa shape index (κ1) is 13.3. The van der Waals surface area contributed by atoms with Crippen LogP contribution in [-0.4, -0.2) is 12.5 Å². The van der Waals surface area contributed by atoms with E-state index >= 15 is 0 Å². The molecule has 1 amide bonds. The molecule has 2 aromatic rings. The standard InChI is InChI=1S/C16H15NO.H3N/c1-12(18)17-11-15(13-7-3-2-4-8-13)14-9-5-6-10-16(14)17;/h2-10,15H,11H2,1H3;1H3. The summed E-state index contributed by atoms with van der Waals surface area (Å²) in [6.07, 6.45) is 0.